The molecule has 43 heavy (non-hydrogen) atoms. The molecule has 0 bridgehead atoms. The number of Topliss-reactive ketones (excluding diaryl/α,β-unsaturated/α-hetero) is 1. The lowest BCUT2D eigenvalue weighted by Gasteiger charge is -2.63. The molecule has 5 nitrogen and oxygen atoms in total. The zero-order valence-corrected chi connectivity index (χ0v) is 32.1. The number of aliphatic carboxylic acids is 1. The Balaban J connectivity index is 1.69. The number of ketones is 1. The Hall–Kier alpha value is -0.506. The Morgan fingerprint density at radius 2 is 1.40 bits per heavy atom. The van der Waals surface area contributed by atoms with Crippen LogP contribution < -0.4 is 0 Å². The molecular formula is C36H66O5Si2. The monoisotopic (exact) mass is 634 g/mol. The molecule has 4 saturated carbocycles. The fourth-order valence-corrected chi connectivity index (χ4v) is 12.5. The zero-order chi connectivity index (χ0) is 32.6. The molecule has 0 aromatic carbocycles. The normalized spacial score (nSPS) is 39.6. The number of hydrogen-bond donors (Lipinski definition) is 1. The standard InChI is InChI=1S/C36H66O5Si2/c1-23(14-17-29(37)38)25-15-16-26-30-27(19-21-35(25,26)8)36(9)20-18-24(40-42(10,11)33(2,3)4)22-28(36)32(31(30)39)41-43(12,13)34(5,6)7/h23-28,30,32H,14-22H2,1-13H3,(H,37,38)/t23-,24-,25-,26+,27+,28+,30+,32-,35-,36-/m1/s1. The third-order valence-corrected chi connectivity index (χ3v) is 23.5. The first-order valence-electron chi connectivity index (χ1n) is 17.6. The number of carboxylic acids is 1. The zero-order valence-electron chi connectivity index (χ0n) is 30.1. The smallest absolute Gasteiger partial charge is 0.303 e. The van der Waals surface area contributed by atoms with E-state index in [1.54, 1.807) is 0 Å². The van der Waals surface area contributed by atoms with Crippen molar-refractivity contribution in [3.63, 3.8) is 0 Å². The van der Waals surface area contributed by atoms with Gasteiger partial charge in [-0.25, -0.2) is 0 Å². The first-order chi connectivity index (χ1) is 19.5. The van der Waals surface area contributed by atoms with Crippen molar-refractivity contribution >= 4 is 28.4 Å². The van der Waals surface area contributed by atoms with Crippen molar-refractivity contribution in [3.8, 4) is 0 Å². The molecule has 0 heterocycles. The Morgan fingerprint density at radius 1 is 0.860 bits per heavy atom. The van der Waals surface area contributed by atoms with E-state index in [2.05, 4.69) is 88.5 Å². The summed E-state index contributed by atoms with van der Waals surface area (Å²) < 4.78 is 14.3. The maximum Gasteiger partial charge on any atom is 0.303 e. The van der Waals surface area contributed by atoms with Gasteiger partial charge in [0.15, 0.2) is 22.4 Å². The highest BCUT2D eigenvalue weighted by atomic mass is 28.4. The van der Waals surface area contributed by atoms with Crippen LogP contribution in [0.15, 0.2) is 0 Å². The van der Waals surface area contributed by atoms with Crippen LogP contribution in [0.2, 0.25) is 36.3 Å². The third kappa shape index (κ3) is 6.28. The highest BCUT2D eigenvalue weighted by molar-refractivity contribution is 6.74. The maximum absolute atomic E-state index is 15.1. The van der Waals surface area contributed by atoms with Crippen LogP contribution in [0.3, 0.4) is 0 Å². The second-order valence-electron chi connectivity index (χ2n) is 19.0. The third-order valence-electron chi connectivity index (χ3n) is 14.5. The van der Waals surface area contributed by atoms with E-state index < -0.39 is 22.6 Å². The van der Waals surface area contributed by atoms with E-state index >= 15 is 4.79 Å². The van der Waals surface area contributed by atoms with E-state index in [0.29, 0.717) is 29.5 Å². The van der Waals surface area contributed by atoms with Crippen molar-refractivity contribution in [2.24, 2.45) is 46.3 Å². The first-order valence-corrected chi connectivity index (χ1v) is 23.4. The van der Waals surface area contributed by atoms with Gasteiger partial charge in [0.1, 0.15) is 6.10 Å². The van der Waals surface area contributed by atoms with E-state index in [9.17, 15) is 9.90 Å². The topological polar surface area (TPSA) is 72.8 Å². The number of carboxylic acid groups (broad SMARTS) is 1. The molecular weight excluding hydrogens is 569 g/mol. The van der Waals surface area contributed by atoms with Crippen LogP contribution in [0.4, 0.5) is 0 Å². The number of hydrogen-bond acceptors (Lipinski definition) is 4. The van der Waals surface area contributed by atoms with Gasteiger partial charge in [0, 0.05) is 18.4 Å². The maximum atomic E-state index is 15.1. The second-order valence-corrected chi connectivity index (χ2v) is 28.5. The van der Waals surface area contributed by atoms with Crippen molar-refractivity contribution in [1.82, 2.24) is 0 Å². The minimum absolute atomic E-state index is 0.0331. The average Bonchev–Trinajstić information content (AvgIpc) is 3.21. The minimum atomic E-state index is -2.21. The molecule has 0 spiro atoms. The summed E-state index contributed by atoms with van der Waals surface area (Å²) >= 11 is 0. The average molecular weight is 635 g/mol. The lowest BCUT2D eigenvalue weighted by molar-refractivity contribution is -0.181. The minimum Gasteiger partial charge on any atom is -0.481 e. The van der Waals surface area contributed by atoms with E-state index in [-0.39, 0.29) is 51.4 Å². The van der Waals surface area contributed by atoms with Gasteiger partial charge < -0.3 is 14.0 Å². The molecule has 0 aromatic heterocycles. The van der Waals surface area contributed by atoms with Gasteiger partial charge in [0.2, 0.25) is 0 Å². The van der Waals surface area contributed by atoms with Crippen LogP contribution >= 0.6 is 0 Å². The molecule has 10 atom stereocenters. The molecule has 0 amide bonds. The van der Waals surface area contributed by atoms with Crippen LogP contribution in [-0.2, 0) is 18.4 Å². The van der Waals surface area contributed by atoms with Gasteiger partial charge in [0.25, 0.3) is 0 Å². The molecule has 4 aliphatic carbocycles. The second kappa shape index (κ2) is 11.6. The predicted octanol–water partition coefficient (Wildman–Crippen LogP) is 9.72. The van der Waals surface area contributed by atoms with E-state index in [1.807, 2.05) is 0 Å². The molecule has 0 saturated heterocycles. The van der Waals surface area contributed by atoms with Gasteiger partial charge in [-0.15, -0.1) is 0 Å². The lowest BCUT2D eigenvalue weighted by Crippen LogP contribution is -2.65. The van der Waals surface area contributed by atoms with Crippen LogP contribution in [0, 0.1) is 46.3 Å². The van der Waals surface area contributed by atoms with Crippen LogP contribution in [-0.4, -0.2) is 45.7 Å². The number of carbonyl (C=O) groups excluding carboxylic acids is 1. The molecule has 0 aliphatic heterocycles. The first kappa shape index (κ1) is 35.3. The summed E-state index contributed by atoms with van der Waals surface area (Å²) in [5.41, 5.74) is 0.176. The van der Waals surface area contributed by atoms with Gasteiger partial charge >= 0.3 is 5.97 Å². The summed E-state index contributed by atoms with van der Waals surface area (Å²) in [4.78, 5) is 26.5. The molecule has 7 heteroatoms. The molecule has 4 fully saturated rings. The quantitative estimate of drug-likeness (QED) is 0.269. The molecule has 0 aromatic rings. The Kier molecular flexibility index (Phi) is 9.56. The Bertz CT molecular complexity index is 1060. The fourth-order valence-electron chi connectivity index (χ4n) is 9.78. The van der Waals surface area contributed by atoms with Crippen LogP contribution in [0.25, 0.3) is 0 Å². The highest BCUT2D eigenvalue weighted by Crippen LogP contribution is 2.68. The SMILES string of the molecule is C[C@H](CCC(=O)O)[C@H]1CC[C@H]2[C@@H]3C(=O)[C@H](O[Si](C)(C)C(C)(C)C)[C@@H]4C[C@H](O[Si](C)(C)C(C)(C)C)CC[C@]4(C)[C@H]3CC[C@]12C. The predicted molar refractivity (Wildman–Crippen MR) is 181 cm³/mol. The fraction of sp³-hybridized carbons (Fsp3) is 0.944. The summed E-state index contributed by atoms with van der Waals surface area (Å²) in [6, 6.07) is 0. The summed E-state index contributed by atoms with van der Waals surface area (Å²) in [5.74, 6) is 1.61. The van der Waals surface area contributed by atoms with Gasteiger partial charge in [0.05, 0.1) is 0 Å². The van der Waals surface area contributed by atoms with Crippen molar-refractivity contribution in [2.75, 3.05) is 0 Å². The van der Waals surface area contributed by atoms with Crippen molar-refractivity contribution in [2.45, 2.75) is 169 Å². The lowest BCUT2D eigenvalue weighted by atomic mass is 9.43. The Labute approximate surface area is 266 Å². The summed E-state index contributed by atoms with van der Waals surface area (Å²) in [7, 11) is -4.15. The summed E-state index contributed by atoms with van der Waals surface area (Å²) in [6.07, 6.45) is 8.45. The summed E-state index contributed by atoms with van der Waals surface area (Å²) in [6.45, 7) is 30.4. The van der Waals surface area contributed by atoms with Crippen LogP contribution in [0.5, 0.6) is 0 Å². The van der Waals surface area contributed by atoms with E-state index in [1.165, 1.54) is 0 Å². The highest BCUT2D eigenvalue weighted by Gasteiger charge is 2.66. The number of carbonyl (C=O) groups is 2. The van der Waals surface area contributed by atoms with E-state index in [4.69, 9.17) is 8.85 Å². The molecule has 4 rings (SSSR count). The number of fused-ring (bicyclic) bond motifs is 5. The van der Waals surface area contributed by atoms with Crippen molar-refractivity contribution < 1.29 is 23.5 Å². The van der Waals surface area contributed by atoms with E-state index in [0.717, 1.165) is 51.4 Å². The van der Waals surface area contributed by atoms with Crippen molar-refractivity contribution in [3.05, 3.63) is 0 Å². The molecule has 248 valence electrons. The summed E-state index contributed by atoms with van der Waals surface area (Å²) in [5, 5.41) is 9.56. The van der Waals surface area contributed by atoms with Gasteiger partial charge in [-0.1, -0.05) is 62.3 Å². The van der Waals surface area contributed by atoms with Gasteiger partial charge in [-0.2, -0.15) is 0 Å². The molecule has 1 N–H and O–H groups in total. The molecule has 0 unspecified atom stereocenters. The largest absolute Gasteiger partial charge is 0.481 e. The van der Waals surface area contributed by atoms with Gasteiger partial charge in [-0.05, 0) is 128 Å². The molecule has 0 radical (unpaired) electrons. The van der Waals surface area contributed by atoms with Crippen molar-refractivity contribution in [1.29, 1.82) is 0 Å². The van der Waals surface area contributed by atoms with Gasteiger partial charge in [-0.3, -0.25) is 9.59 Å². The van der Waals surface area contributed by atoms with Crippen LogP contribution in [0.1, 0.15) is 120 Å². The molecule has 4 aliphatic rings. The Morgan fingerprint density at radius 3 is 1.95 bits per heavy atom. The number of rotatable bonds is 8.